The third-order valence-electron chi connectivity index (χ3n) is 5.18. The van der Waals surface area contributed by atoms with Crippen LogP contribution in [0.15, 0.2) is 24.3 Å². The Morgan fingerprint density at radius 2 is 1.62 bits per heavy atom. The lowest BCUT2D eigenvalue weighted by Gasteiger charge is -2.39. The quantitative estimate of drug-likeness (QED) is 0.807. The molecule has 1 aliphatic heterocycles. The molecule has 2 nitrogen and oxygen atoms in total. The van der Waals surface area contributed by atoms with Crippen LogP contribution in [0.5, 0.6) is 5.75 Å². The molecule has 2 aliphatic rings. The molecule has 0 bridgehead atoms. The molecule has 0 radical (unpaired) electrons. The van der Waals surface area contributed by atoms with Crippen LogP contribution in [-0.4, -0.2) is 31.1 Å². The van der Waals surface area contributed by atoms with Crippen molar-refractivity contribution in [1.82, 2.24) is 4.90 Å². The van der Waals surface area contributed by atoms with Gasteiger partial charge in [0.05, 0.1) is 7.11 Å². The van der Waals surface area contributed by atoms with Crippen molar-refractivity contribution in [3.8, 4) is 5.75 Å². The van der Waals surface area contributed by atoms with Crippen LogP contribution in [0.1, 0.15) is 56.4 Å². The minimum atomic E-state index is 0. The molecule has 1 saturated heterocycles. The van der Waals surface area contributed by atoms with E-state index in [2.05, 4.69) is 29.2 Å². The van der Waals surface area contributed by atoms with Gasteiger partial charge < -0.3 is 9.64 Å². The molecule has 118 valence electrons. The van der Waals surface area contributed by atoms with Crippen LogP contribution in [0, 0.1) is 0 Å². The summed E-state index contributed by atoms with van der Waals surface area (Å²) < 4.78 is 5.53. The third-order valence-corrected chi connectivity index (χ3v) is 5.18. The number of hydrogen-bond acceptors (Lipinski definition) is 2. The molecule has 0 aromatic heterocycles. The molecular weight excluding hydrogens is 282 g/mol. The van der Waals surface area contributed by atoms with Gasteiger partial charge in [-0.05, 0) is 69.2 Å². The Balaban J connectivity index is 0.00000161. The number of rotatable bonds is 3. The molecule has 0 N–H and O–H groups in total. The SMILES string of the molecule is COc1ccccc1C1CCC(N2CCCCC2)CC1.Cl. The van der Waals surface area contributed by atoms with Crippen molar-refractivity contribution in [2.24, 2.45) is 0 Å². The molecule has 1 saturated carbocycles. The highest BCUT2D eigenvalue weighted by Gasteiger charge is 2.28. The number of methoxy groups -OCH3 is 1. The first-order valence-corrected chi connectivity index (χ1v) is 8.25. The Morgan fingerprint density at radius 3 is 2.29 bits per heavy atom. The van der Waals surface area contributed by atoms with Gasteiger partial charge in [-0.25, -0.2) is 0 Å². The predicted octanol–water partition coefficient (Wildman–Crippen LogP) is 4.63. The van der Waals surface area contributed by atoms with Gasteiger partial charge in [0.15, 0.2) is 0 Å². The van der Waals surface area contributed by atoms with Crippen molar-refractivity contribution in [1.29, 1.82) is 0 Å². The zero-order valence-electron chi connectivity index (χ0n) is 13.1. The Morgan fingerprint density at radius 1 is 0.952 bits per heavy atom. The van der Waals surface area contributed by atoms with E-state index in [0.29, 0.717) is 5.92 Å². The molecule has 3 rings (SSSR count). The molecule has 21 heavy (non-hydrogen) atoms. The monoisotopic (exact) mass is 309 g/mol. The first-order valence-electron chi connectivity index (χ1n) is 8.25. The number of nitrogens with zero attached hydrogens (tertiary/aromatic N) is 1. The number of benzene rings is 1. The highest BCUT2D eigenvalue weighted by molar-refractivity contribution is 5.85. The zero-order chi connectivity index (χ0) is 13.8. The minimum Gasteiger partial charge on any atom is -0.496 e. The van der Waals surface area contributed by atoms with E-state index in [1.165, 1.54) is 63.6 Å². The highest BCUT2D eigenvalue weighted by atomic mass is 35.5. The Kier molecular flexibility index (Phi) is 6.38. The zero-order valence-corrected chi connectivity index (χ0v) is 13.9. The van der Waals surface area contributed by atoms with Gasteiger partial charge in [0, 0.05) is 6.04 Å². The van der Waals surface area contributed by atoms with E-state index in [4.69, 9.17) is 4.74 Å². The maximum Gasteiger partial charge on any atom is 0.122 e. The molecule has 3 heteroatoms. The van der Waals surface area contributed by atoms with Crippen LogP contribution in [0.2, 0.25) is 0 Å². The fourth-order valence-electron chi connectivity index (χ4n) is 4.04. The Hall–Kier alpha value is -0.730. The molecule has 0 unspecified atom stereocenters. The Bertz CT molecular complexity index is 423. The number of hydrogen-bond donors (Lipinski definition) is 0. The van der Waals surface area contributed by atoms with Crippen molar-refractivity contribution in [3.63, 3.8) is 0 Å². The molecule has 1 heterocycles. The summed E-state index contributed by atoms with van der Waals surface area (Å²) in [5, 5.41) is 0. The summed E-state index contributed by atoms with van der Waals surface area (Å²) in [5.41, 5.74) is 1.42. The lowest BCUT2D eigenvalue weighted by Crippen LogP contribution is -2.41. The van der Waals surface area contributed by atoms with Crippen LogP contribution in [0.3, 0.4) is 0 Å². The summed E-state index contributed by atoms with van der Waals surface area (Å²) in [6.45, 7) is 2.67. The molecule has 0 atom stereocenters. The number of ether oxygens (including phenoxy) is 1. The summed E-state index contributed by atoms with van der Waals surface area (Å²) in [4.78, 5) is 2.75. The highest BCUT2D eigenvalue weighted by Crippen LogP contribution is 2.39. The number of piperidine rings is 1. The molecule has 0 amide bonds. The number of likely N-dealkylation sites (tertiary alicyclic amines) is 1. The van der Waals surface area contributed by atoms with Gasteiger partial charge in [0.2, 0.25) is 0 Å². The van der Waals surface area contributed by atoms with Crippen LogP contribution < -0.4 is 4.74 Å². The first-order chi connectivity index (χ1) is 9.88. The van der Waals surface area contributed by atoms with E-state index in [9.17, 15) is 0 Å². The van der Waals surface area contributed by atoms with Gasteiger partial charge in [-0.1, -0.05) is 24.6 Å². The fourth-order valence-corrected chi connectivity index (χ4v) is 4.04. The summed E-state index contributed by atoms with van der Waals surface area (Å²) in [7, 11) is 1.79. The lowest BCUT2D eigenvalue weighted by molar-refractivity contribution is 0.125. The summed E-state index contributed by atoms with van der Waals surface area (Å²) in [6, 6.07) is 9.42. The molecule has 2 fully saturated rings. The minimum absolute atomic E-state index is 0. The normalized spacial score (nSPS) is 26.9. The number of halogens is 1. The maximum absolute atomic E-state index is 5.53. The lowest BCUT2D eigenvalue weighted by atomic mass is 9.80. The molecule has 1 aromatic carbocycles. The Labute approximate surface area is 135 Å². The van der Waals surface area contributed by atoms with Gasteiger partial charge in [-0.15, -0.1) is 12.4 Å². The van der Waals surface area contributed by atoms with E-state index >= 15 is 0 Å². The van der Waals surface area contributed by atoms with Crippen molar-refractivity contribution in [2.45, 2.75) is 56.9 Å². The van der Waals surface area contributed by atoms with Crippen molar-refractivity contribution in [2.75, 3.05) is 20.2 Å². The largest absolute Gasteiger partial charge is 0.496 e. The van der Waals surface area contributed by atoms with Crippen LogP contribution >= 0.6 is 12.4 Å². The van der Waals surface area contributed by atoms with E-state index < -0.39 is 0 Å². The second-order valence-electron chi connectivity index (χ2n) is 6.34. The summed E-state index contributed by atoms with van der Waals surface area (Å²) in [6.07, 6.45) is 9.63. The van der Waals surface area contributed by atoms with Gasteiger partial charge >= 0.3 is 0 Å². The summed E-state index contributed by atoms with van der Waals surface area (Å²) in [5.74, 6) is 1.78. The van der Waals surface area contributed by atoms with Gasteiger partial charge in [0.1, 0.15) is 5.75 Å². The van der Waals surface area contributed by atoms with E-state index in [1.54, 1.807) is 7.11 Å². The molecule has 0 spiro atoms. The molecule has 1 aliphatic carbocycles. The first kappa shape index (κ1) is 16.6. The topological polar surface area (TPSA) is 12.5 Å². The second kappa shape index (κ2) is 8.05. The van der Waals surface area contributed by atoms with Crippen molar-refractivity contribution < 1.29 is 4.74 Å². The maximum atomic E-state index is 5.53. The van der Waals surface area contributed by atoms with E-state index in [0.717, 1.165) is 11.8 Å². The van der Waals surface area contributed by atoms with Crippen LogP contribution in [0.25, 0.3) is 0 Å². The van der Waals surface area contributed by atoms with E-state index in [-0.39, 0.29) is 12.4 Å². The number of para-hydroxylation sites is 1. The van der Waals surface area contributed by atoms with Gasteiger partial charge in [0.25, 0.3) is 0 Å². The van der Waals surface area contributed by atoms with Crippen LogP contribution in [-0.2, 0) is 0 Å². The van der Waals surface area contributed by atoms with Gasteiger partial charge in [-0.2, -0.15) is 0 Å². The van der Waals surface area contributed by atoms with E-state index in [1.807, 2.05) is 0 Å². The van der Waals surface area contributed by atoms with Crippen molar-refractivity contribution in [3.05, 3.63) is 29.8 Å². The smallest absolute Gasteiger partial charge is 0.122 e. The third kappa shape index (κ3) is 3.92. The van der Waals surface area contributed by atoms with Gasteiger partial charge in [-0.3, -0.25) is 0 Å². The second-order valence-corrected chi connectivity index (χ2v) is 6.34. The average molecular weight is 310 g/mol. The molecule has 1 aromatic rings. The van der Waals surface area contributed by atoms with Crippen LogP contribution in [0.4, 0.5) is 0 Å². The fraction of sp³-hybridized carbons (Fsp3) is 0.667. The van der Waals surface area contributed by atoms with Crippen molar-refractivity contribution >= 4 is 12.4 Å². The molecular formula is C18H28ClNO. The summed E-state index contributed by atoms with van der Waals surface area (Å²) >= 11 is 0. The standard InChI is InChI=1S/C18H27NO.ClH/c1-20-18-8-4-3-7-17(18)15-9-11-16(12-10-15)19-13-5-2-6-14-19;/h3-4,7-8,15-16H,2,5-6,9-14H2,1H3;1H. The predicted molar refractivity (Wildman–Crippen MR) is 90.7 cm³/mol. The average Bonchev–Trinajstić information content (AvgIpc) is 2.56.